The third-order valence-electron chi connectivity index (χ3n) is 4.51. The molecule has 7 heteroatoms. The van der Waals surface area contributed by atoms with Crippen molar-refractivity contribution < 1.29 is 18.7 Å². The number of rotatable bonds is 4. The summed E-state index contributed by atoms with van der Waals surface area (Å²) in [5.74, 6) is -0.943. The zero-order valence-corrected chi connectivity index (χ0v) is 13.7. The minimum Gasteiger partial charge on any atom is -0.378 e. The first-order valence-corrected chi connectivity index (χ1v) is 8.21. The summed E-state index contributed by atoms with van der Waals surface area (Å²) in [5.41, 5.74) is 1.22. The van der Waals surface area contributed by atoms with E-state index in [0.717, 1.165) is 0 Å². The highest BCUT2D eigenvalue weighted by Crippen LogP contribution is 2.30. The topological polar surface area (TPSA) is 70.7 Å². The lowest BCUT2D eigenvalue weighted by atomic mass is 9.95. The second-order valence-corrected chi connectivity index (χ2v) is 6.24. The van der Waals surface area contributed by atoms with Crippen LogP contribution in [-0.4, -0.2) is 50.7 Å². The lowest BCUT2D eigenvalue weighted by Gasteiger charge is -2.29. The van der Waals surface area contributed by atoms with Crippen molar-refractivity contribution in [1.82, 2.24) is 10.6 Å². The first kappa shape index (κ1) is 16.7. The number of nitrogens with zero attached hydrogens (tertiary/aromatic N) is 1. The molecule has 6 nitrogen and oxygen atoms in total. The van der Waals surface area contributed by atoms with Gasteiger partial charge in [-0.1, -0.05) is 6.07 Å². The van der Waals surface area contributed by atoms with Gasteiger partial charge in [-0.2, -0.15) is 0 Å². The van der Waals surface area contributed by atoms with Crippen LogP contribution < -0.4 is 15.5 Å². The standard InChI is InChI=1S/C17H22FN3O3/c1-11(22)19-10-13-9-14(17(23)20-13)12-2-3-16(15(18)8-12)21-4-6-24-7-5-21/h2-3,8,13-14H,4-7,9-10H2,1H3,(H,19,22)(H,20,23). The number of anilines is 1. The number of carbonyl (C=O) groups excluding carboxylic acids is 2. The van der Waals surface area contributed by atoms with Crippen LogP contribution in [0.3, 0.4) is 0 Å². The Hall–Kier alpha value is -2.15. The SMILES string of the molecule is CC(=O)NCC1CC(c2ccc(N3CCOCC3)c(F)c2)C(=O)N1. The number of hydrogen-bond donors (Lipinski definition) is 2. The molecule has 0 saturated carbocycles. The molecule has 2 atom stereocenters. The van der Waals surface area contributed by atoms with Crippen LogP contribution in [0.4, 0.5) is 10.1 Å². The van der Waals surface area contributed by atoms with Gasteiger partial charge in [0.1, 0.15) is 5.82 Å². The van der Waals surface area contributed by atoms with Gasteiger partial charge in [-0.3, -0.25) is 9.59 Å². The van der Waals surface area contributed by atoms with Crippen molar-refractivity contribution in [3.05, 3.63) is 29.6 Å². The largest absolute Gasteiger partial charge is 0.378 e. The van der Waals surface area contributed by atoms with Crippen LogP contribution in [0.25, 0.3) is 0 Å². The zero-order chi connectivity index (χ0) is 17.1. The molecule has 0 bridgehead atoms. The Morgan fingerprint density at radius 1 is 1.42 bits per heavy atom. The summed E-state index contributed by atoms with van der Waals surface area (Å²) in [4.78, 5) is 25.1. The summed E-state index contributed by atoms with van der Waals surface area (Å²) in [6.45, 7) is 4.35. The van der Waals surface area contributed by atoms with E-state index in [0.29, 0.717) is 50.5 Å². The molecule has 2 unspecified atom stereocenters. The molecule has 0 spiro atoms. The van der Waals surface area contributed by atoms with E-state index < -0.39 is 0 Å². The molecule has 2 N–H and O–H groups in total. The number of carbonyl (C=O) groups is 2. The predicted octanol–water partition coefficient (Wildman–Crippen LogP) is 0.770. The highest BCUT2D eigenvalue weighted by molar-refractivity contribution is 5.86. The van der Waals surface area contributed by atoms with Gasteiger partial charge in [0, 0.05) is 32.6 Å². The molecule has 2 amide bonds. The molecule has 3 rings (SSSR count). The molecule has 2 saturated heterocycles. The van der Waals surface area contributed by atoms with Crippen molar-refractivity contribution in [2.24, 2.45) is 0 Å². The molecule has 2 fully saturated rings. The number of morpholine rings is 1. The van der Waals surface area contributed by atoms with E-state index >= 15 is 0 Å². The van der Waals surface area contributed by atoms with Crippen LogP contribution in [0.2, 0.25) is 0 Å². The Labute approximate surface area is 140 Å². The van der Waals surface area contributed by atoms with Crippen molar-refractivity contribution in [3.8, 4) is 0 Å². The molecule has 0 aliphatic carbocycles. The van der Waals surface area contributed by atoms with Crippen molar-refractivity contribution in [1.29, 1.82) is 0 Å². The number of nitrogens with one attached hydrogen (secondary N) is 2. The molecular formula is C17H22FN3O3. The molecule has 2 aliphatic rings. The van der Waals surface area contributed by atoms with Crippen LogP contribution >= 0.6 is 0 Å². The summed E-state index contributed by atoms with van der Waals surface area (Å²) in [6, 6.07) is 4.90. The summed E-state index contributed by atoms with van der Waals surface area (Å²) in [7, 11) is 0. The summed E-state index contributed by atoms with van der Waals surface area (Å²) < 4.78 is 19.8. The Bertz CT molecular complexity index is 632. The van der Waals surface area contributed by atoms with Crippen LogP contribution in [0.1, 0.15) is 24.8 Å². The summed E-state index contributed by atoms with van der Waals surface area (Å²) in [5, 5.41) is 5.55. The van der Waals surface area contributed by atoms with Gasteiger partial charge in [-0.05, 0) is 24.1 Å². The fourth-order valence-electron chi connectivity index (χ4n) is 3.24. The Morgan fingerprint density at radius 2 is 2.17 bits per heavy atom. The molecule has 1 aromatic rings. The molecule has 130 valence electrons. The Balaban J connectivity index is 1.69. The van der Waals surface area contributed by atoms with Gasteiger partial charge in [0.05, 0.1) is 24.8 Å². The summed E-state index contributed by atoms with van der Waals surface area (Å²) in [6.07, 6.45) is 0.551. The van der Waals surface area contributed by atoms with E-state index in [4.69, 9.17) is 4.74 Å². The second kappa shape index (κ2) is 7.17. The first-order chi connectivity index (χ1) is 11.5. The van der Waals surface area contributed by atoms with Crippen LogP contribution in [0.15, 0.2) is 18.2 Å². The van der Waals surface area contributed by atoms with Crippen LogP contribution in [0.5, 0.6) is 0 Å². The molecule has 1 aromatic carbocycles. The molecule has 2 aliphatic heterocycles. The number of halogens is 1. The monoisotopic (exact) mass is 335 g/mol. The fourth-order valence-corrected chi connectivity index (χ4v) is 3.24. The normalized spacial score (nSPS) is 23.9. The molecule has 0 radical (unpaired) electrons. The quantitative estimate of drug-likeness (QED) is 0.853. The van der Waals surface area contributed by atoms with Crippen molar-refractivity contribution in [2.75, 3.05) is 37.7 Å². The summed E-state index contributed by atoms with van der Waals surface area (Å²) >= 11 is 0. The minimum absolute atomic E-state index is 0.117. The van der Waals surface area contributed by atoms with Gasteiger partial charge < -0.3 is 20.3 Å². The Kier molecular flexibility index (Phi) is 4.99. The highest BCUT2D eigenvalue weighted by atomic mass is 19.1. The second-order valence-electron chi connectivity index (χ2n) is 6.24. The smallest absolute Gasteiger partial charge is 0.227 e. The van der Waals surface area contributed by atoms with E-state index in [-0.39, 0.29) is 29.6 Å². The third-order valence-corrected chi connectivity index (χ3v) is 4.51. The van der Waals surface area contributed by atoms with Crippen LogP contribution in [0, 0.1) is 5.82 Å². The molecule has 24 heavy (non-hydrogen) atoms. The van der Waals surface area contributed by atoms with Gasteiger partial charge in [-0.15, -0.1) is 0 Å². The zero-order valence-electron chi connectivity index (χ0n) is 13.7. The highest BCUT2D eigenvalue weighted by Gasteiger charge is 2.33. The van der Waals surface area contributed by atoms with Gasteiger partial charge in [0.25, 0.3) is 0 Å². The van der Waals surface area contributed by atoms with E-state index in [2.05, 4.69) is 10.6 Å². The maximum atomic E-state index is 14.5. The van der Waals surface area contributed by atoms with E-state index in [1.165, 1.54) is 13.0 Å². The molecular weight excluding hydrogens is 313 g/mol. The minimum atomic E-state index is -0.378. The third kappa shape index (κ3) is 3.67. The average molecular weight is 335 g/mol. The van der Waals surface area contributed by atoms with E-state index in [1.54, 1.807) is 6.07 Å². The van der Waals surface area contributed by atoms with Crippen molar-refractivity contribution in [3.63, 3.8) is 0 Å². The van der Waals surface area contributed by atoms with Crippen molar-refractivity contribution in [2.45, 2.75) is 25.3 Å². The van der Waals surface area contributed by atoms with E-state index in [1.807, 2.05) is 11.0 Å². The maximum absolute atomic E-state index is 14.5. The number of hydrogen-bond acceptors (Lipinski definition) is 4. The fraction of sp³-hybridized carbons (Fsp3) is 0.529. The molecule has 2 heterocycles. The Morgan fingerprint density at radius 3 is 2.83 bits per heavy atom. The van der Waals surface area contributed by atoms with Gasteiger partial charge in [0.15, 0.2) is 0 Å². The molecule has 0 aromatic heterocycles. The number of benzene rings is 1. The number of ether oxygens (including phenoxy) is 1. The number of amides is 2. The average Bonchev–Trinajstić information content (AvgIpc) is 2.94. The van der Waals surface area contributed by atoms with Gasteiger partial charge in [-0.25, -0.2) is 4.39 Å². The van der Waals surface area contributed by atoms with E-state index in [9.17, 15) is 14.0 Å². The lowest BCUT2D eigenvalue weighted by molar-refractivity contribution is -0.121. The van der Waals surface area contributed by atoms with Gasteiger partial charge in [0.2, 0.25) is 11.8 Å². The van der Waals surface area contributed by atoms with Crippen molar-refractivity contribution >= 4 is 17.5 Å². The first-order valence-electron chi connectivity index (χ1n) is 8.21. The van der Waals surface area contributed by atoms with Gasteiger partial charge >= 0.3 is 0 Å². The predicted molar refractivity (Wildman–Crippen MR) is 87.4 cm³/mol. The lowest BCUT2D eigenvalue weighted by Crippen LogP contribution is -2.37. The van der Waals surface area contributed by atoms with Crippen LogP contribution in [-0.2, 0) is 14.3 Å². The maximum Gasteiger partial charge on any atom is 0.227 e.